The van der Waals surface area contributed by atoms with Gasteiger partial charge in [0.2, 0.25) is 0 Å². The number of carbonyl (C=O) groups is 4. The SMILES string of the molecule is C[C@H](OC(=O)c1ccc(C(=O)O[C@@H](C)C(=O)NC2CC2)cc1)C(=O)NC1CC1. The Morgan fingerprint density at radius 3 is 1.36 bits per heavy atom. The molecule has 0 radical (unpaired) electrons. The molecule has 0 spiro atoms. The molecule has 2 saturated carbocycles. The zero-order valence-electron chi connectivity index (χ0n) is 15.9. The number of hydrogen-bond acceptors (Lipinski definition) is 6. The molecule has 2 aliphatic rings. The summed E-state index contributed by atoms with van der Waals surface area (Å²) in [5, 5.41) is 5.53. The predicted molar refractivity (Wildman–Crippen MR) is 98.5 cm³/mol. The molecular formula is C20H24N2O6. The first-order chi connectivity index (χ1) is 13.3. The van der Waals surface area contributed by atoms with E-state index in [-0.39, 0.29) is 35.0 Å². The molecule has 0 heterocycles. The van der Waals surface area contributed by atoms with Crippen LogP contribution >= 0.6 is 0 Å². The quantitative estimate of drug-likeness (QED) is 0.650. The molecule has 2 fully saturated rings. The highest BCUT2D eigenvalue weighted by molar-refractivity contribution is 5.95. The fourth-order valence-electron chi connectivity index (χ4n) is 2.40. The molecule has 3 rings (SSSR count). The molecular weight excluding hydrogens is 364 g/mol. The van der Waals surface area contributed by atoms with Gasteiger partial charge >= 0.3 is 11.9 Å². The topological polar surface area (TPSA) is 111 Å². The molecule has 0 unspecified atom stereocenters. The molecule has 0 aliphatic heterocycles. The first-order valence-electron chi connectivity index (χ1n) is 9.46. The summed E-state index contributed by atoms with van der Waals surface area (Å²) in [5.41, 5.74) is 0.421. The van der Waals surface area contributed by atoms with Crippen LogP contribution in [0.25, 0.3) is 0 Å². The van der Waals surface area contributed by atoms with E-state index in [0.29, 0.717) is 0 Å². The van der Waals surface area contributed by atoms with Gasteiger partial charge in [-0.15, -0.1) is 0 Å². The summed E-state index contributed by atoms with van der Waals surface area (Å²) in [5.74, 6) is -1.96. The second-order valence-corrected chi connectivity index (χ2v) is 7.24. The first kappa shape index (κ1) is 19.9. The lowest BCUT2D eigenvalue weighted by Crippen LogP contribution is -2.37. The van der Waals surface area contributed by atoms with Crippen LogP contribution in [-0.2, 0) is 19.1 Å². The van der Waals surface area contributed by atoms with Gasteiger partial charge in [0.1, 0.15) is 0 Å². The van der Waals surface area contributed by atoms with Gasteiger partial charge in [0.15, 0.2) is 12.2 Å². The van der Waals surface area contributed by atoms with Crippen LogP contribution in [0.1, 0.15) is 60.2 Å². The molecule has 0 aromatic heterocycles. The Kier molecular flexibility index (Phi) is 5.96. The van der Waals surface area contributed by atoms with Crippen LogP contribution < -0.4 is 10.6 Å². The number of nitrogens with one attached hydrogen (secondary N) is 2. The summed E-state index contributed by atoms with van der Waals surface area (Å²) >= 11 is 0. The van der Waals surface area contributed by atoms with Crippen molar-refractivity contribution in [3.63, 3.8) is 0 Å². The van der Waals surface area contributed by atoms with Crippen LogP contribution in [0.4, 0.5) is 0 Å². The van der Waals surface area contributed by atoms with Crippen molar-refractivity contribution < 1.29 is 28.7 Å². The molecule has 2 N–H and O–H groups in total. The Hall–Kier alpha value is -2.90. The van der Waals surface area contributed by atoms with E-state index in [1.807, 2.05) is 0 Å². The predicted octanol–water partition coefficient (Wildman–Crippen LogP) is 1.33. The van der Waals surface area contributed by atoms with Gasteiger partial charge in [0.05, 0.1) is 11.1 Å². The number of carbonyl (C=O) groups excluding carboxylic acids is 4. The molecule has 0 saturated heterocycles. The lowest BCUT2D eigenvalue weighted by molar-refractivity contribution is -0.129. The van der Waals surface area contributed by atoms with E-state index in [9.17, 15) is 19.2 Å². The van der Waals surface area contributed by atoms with Crippen LogP contribution in [0, 0.1) is 0 Å². The van der Waals surface area contributed by atoms with Gasteiger partial charge in [0.25, 0.3) is 11.8 Å². The van der Waals surface area contributed by atoms with Crippen LogP contribution in [-0.4, -0.2) is 48.0 Å². The van der Waals surface area contributed by atoms with Gasteiger partial charge in [-0.3, -0.25) is 9.59 Å². The van der Waals surface area contributed by atoms with E-state index < -0.39 is 24.1 Å². The molecule has 2 aliphatic carbocycles. The molecule has 2 atom stereocenters. The molecule has 8 heteroatoms. The number of amides is 2. The molecule has 8 nitrogen and oxygen atoms in total. The van der Waals surface area contributed by atoms with Gasteiger partial charge in [-0.25, -0.2) is 9.59 Å². The largest absolute Gasteiger partial charge is 0.449 e. The Labute approximate surface area is 163 Å². The Balaban J connectivity index is 1.49. The summed E-state index contributed by atoms with van der Waals surface area (Å²) < 4.78 is 10.3. The molecule has 28 heavy (non-hydrogen) atoms. The van der Waals surface area contributed by atoms with E-state index >= 15 is 0 Å². The number of hydrogen-bond donors (Lipinski definition) is 2. The second kappa shape index (κ2) is 8.41. The number of rotatable bonds is 8. The smallest absolute Gasteiger partial charge is 0.338 e. The third kappa shape index (κ3) is 5.55. The van der Waals surface area contributed by atoms with Crippen molar-refractivity contribution in [3.8, 4) is 0 Å². The highest BCUT2D eigenvalue weighted by atomic mass is 16.6. The third-order valence-corrected chi connectivity index (χ3v) is 4.51. The lowest BCUT2D eigenvalue weighted by Gasteiger charge is -2.14. The van der Waals surface area contributed by atoms with Crippen molar-refractivity contribution in [2.75, 3.05) is 0 Å². The van der Waals surface area contributed by atoms with Crippen LogP contribution in [0.3, 0.4) is 0 Å². The molecule has 1 aromatic carbocycles. The van der Waals surface area contributed by atoms with Gasteiger partial charge in [0, 0.05) is 12.1 Å². The Morgan fingerprint density at radius 1 is 0.750 bits per heavy atom. The van der Waals surface area contributed by atoms with Gasteiger partial charge < -0.3 is 20.1 Å². The van der Waals surface area contributed by atoms with E-state index in [4.69, 9.17) is 9.47 Å². The standard InChI is InChI=1S/C20H24N2O6/c1-11(17(23)21-15-7-8-15)27-19(25)13-3-5-14(6-4-13)20(26)28-12(2)18(24)22-16-9-10-16/h3-6,11-12,15-16H,7-10H2,1-2H3,(H,21,23)(H,22,24)/t11-,12-/m0/s1. The molecule has 150 valence electrons. The first-order valence-corrected chi connectivity index (χ1v) is 9.46. The fourth-order valence-corrected chi connectivity index (χ4v) is 2.40. The van der Waals surface area contributed by atoms with Crippen molar-refractivity contribution in [2.24, 2.45) is 0 Å². The van der Waals surface area contributed by atoms with E-state index in [0.717, 1.165) is 25.7 Å². The van der Waals surface area contributed by atoms with Gasteiger partial charge in [-0.1, -0.05) is 0 Å². The minimum absolute atomic E-state index is 0.188. The normalized spacial score (nSPS) is 17.8. The van der Waals surface area contributed by atoms with Crippen molar-refractivity contribution in [3.05, 3.63) is 35.4 Å². The summed E-state index contributed by atoms with van der Waals surface area (Å²) in [4.78, 5) is 48.0. The third-order valence-electron chi connectivity index (χ3n) is 4.51. The van der Waals surface area contributed by atoms with E-state index in [1.165, 1.54) is 38.1 Å². The average Bonchev–Trinajstić information content (AvgIpc) is 3.58. The molecule has 2 amide bonds. The zero-order valence-corrected chi connectivity index (χ0v) is 15.9. The minimum atomic E-state index is -0.899. The van der Waals surface area contributed by atoms with Gasteiger partial charge in [-0.2, -0.15) is 0 Å². The average molecular weight is 388 g/mol. The van der Waals surface area contributed by atoms with Crippen LogP contribution in [0.5, 0.6) is 0 Å². The maximum Gasteiger partial charge on any atom is 0.338 e. The fraction of sp³-hybridized carbons (Fsp3) is 0.500. The van der Waals surface area contributed by atoms with E-state index in [1.54, 1.807) is 0 Å². The molecule has 0 bridgehead atoms. The minimum Gasteiger partial charge on any atom is -0.449 e. The van der Waals surface area contributed by atoms with Crippen LogP contribution in [0.15, 0.2) is 24.3 Å². The van der Waals surface area contributed by atoms with Gasteiger partial charge in [-0.05, 0) is 63.8 Å². The maximum absolute atomic E-state index is 12.1. The number of esters is 2. The number of benzene rings is 1. The second-order valence-electron chi connectivity index (χ2n) is 7.24. The van der Waals surface area contributed by atoms with E-state index in [2.05, 4.69) is 10.6 Å². The highest BCUT2D eigenvalue weighted by Gasteiger charge is 2.28. The summed E-state index contributed by atoms with van der Waals surface area (Å²) in [7, 11) is 0. The summed E-state index contributed by atoms with van der Waals surface area (Å²) in [6.07, 6.45) is 2.00. The number of ether oxygens (including phenoxy) is 2. The summed E-state index contributed by atoms with van der Waals surface area (Å²) in [6, 6.07) is 6.04. The molecule has 1 aromatic rings. The van der Waals surface area contributed by atoms with Crippen molar-refractivity contribution in [1.29, 1.82) is 0 Å². The lowest BCUT2D eigenvalue weighted by atomic mass is 10.1. The van der Waals surface area contributed by atoms with Crippen molar-refractivity contribution in [1.82, 2.24) is 10.6 Å². The van der Waals surface area contributed by atoms with Crippen molar-refractivity contribution >= 4 is 23.8 Å². The Morgan fingerprint density at radius 2 is 1.07 bits per heavy atom. The zero-order chi connectivity index (χ0) is 20.3. The highest BCUT2D eigenvalue weighted by Crippen LogP contribution is 2.20. The monoisotopic (exact) mass is 388 g/mol. The Bertz CT molecular complexity index is 702. The van der Waals surface area contributed by atoms with Crippen molar-refractivity contribution in [2.45, 2.75) is 63.8 Å². The van der Waals surface area contributed by atoms with Crippen LogP contribution in [0.2, 0.25) is 0 Å². The summed E-state index contributed by atoms with van der Waals surface area (Å²) in [6.45, 7) is 3.02. The maximum atomic E-state index is 12.1.